The molecule has 3 nitrogen and oxygen atoms in total. The van der Waals surface area contributed by atoms with Crippen LogP contribution in [0.2, 0.25) is 0 Å². The molecule has 3 aromatic carbocycles. The van der Waals surface area contributed by atoms with E-state index in [2.05, 4.69) is 40.9 Å². The fraction of sp³-hybridized carbons (Fsp3) is 0.250. The predicted octanol–water partition coefficient (Wildman–Crippen LogP) is 4.80. The molecule has 3 unspecified atom stereocenters. The van der Waals surface area contributed by atoms with E-state index in [1.54, 1.807) is 6.07 Å². The van der Waals surface area contributed by atoms with E-state index < -0.39 is 0 Å². The minimum atomic E-state index is -0.234. The van der Waals surface area contributed by atoms with Crippen LogP contribution in [0, 0.1) is 24.5 Å². The molecule has 0 aromatic heterocycles. The lowest BCUT2D eigenvalue weighted by Crippen LogP contribution is -2.39. The fourth-order valence-corrected chi connectivity index (χ4v) is 4.65. The number of hydrazine groups is 1. The third-order valence-corrected chi connectivity index (χ3v) is 6.09. The number of rotatable bonds is 3. The van der Waals surface area contributed by atoms with Crippen LogP contribution >= 0.6 is 0 Å². The molecule has 2 aliphatic rings. The smallest absolute Gasteiger partial charge is 0.128 e. The van der Waals surface area contributed by atoms with Crippen molar-refractivity contribution >= 4 is 5.69 Å². The summed E-state index contributed by atoms with van der Waals surface area (Å²) in [6, 6.07) is 20.3. The summed E-state index contributed by atoms with van der Waals surface area (Å²) in [6.07, 6.45) is 0. The van der Waals surface area contributed by atoms with Gasteiger partial charge in [-0.1, -0.05) is 48.0 Å². The van der Waals surface area contributed by atoms with Gasteiger partial charge in [-0.15, -0.1) is 0 Å². The van der Waals surface area contributed by atoms with E-state index in [9.17, 15) is 8.78 Å². The molecule has 2 N–H and O–H groups in total. The molecule has 0 radical (unpaired) electrons. The number of benzene rings is 3. The zero-order valence-corrected chi connectivity index (χ0v) is 16.2. The highest BCUT2D eigenvalue weighted by Gasteiger charge is 2.43. The maximum atomic E-state index is 14.3. The number of nitrogens with zero attached hydrogens (tertiary/aromatic N) is 1. The topological polar surface area (TPSA) is 27.3 Å². The van der Waals surface area contributed by atoms with Crippen molar-refractivity contribution in [3.05, 3.63) is 101 Å². The first kappa shape index (κ1) is 18.3. The third-order valence-electron chi connectivity index (χ3n) is 6.09. The third kappa shape index (κ3) is 3.30. The molecule has 1 fully saturated rings. The van der Waals surface area contributed by atoms with E-state index in [4.69, 9.17) is 0 Å². The van der Waals surface area contributed by atoms with Gasteiger partial charge in [-0.2, -0.15) is 0 Å². The number of halogens is 2. The van der Waals surface area contributed by atoms with Gasteiger partial charge in [0.25, 0.3) is 0 Å². The summed E-state index contributed by atoms with van der Waals surface area (Å²) in [6.45, 7) is 3.38. The van der Waals surface area contributed by atoms with E-state index in [1.165, 1.54) is 29.3 Å². The van der Waals surface area contributed by atoms with Crippen molar-refractivity contribution in [1.29, 1.82) is 0 Å². The molecule has 2 aliphatic heterocycles. The van der Waals surface area contributed by atoms with Crippen LogP contribution in [0.15, 0.2) is 66.7 Å². The molecule has 0 amide bonds. The molecular weight excluding hydrogens is 368 g/mol. The van der Waals surface area contributed by atoms with Gasteiger partial charge in [0.15, 0.2) is 0 Å². The van der Waals surface area contributed by atoms with Gasteiger partial charge in [-0.05, 0) is 42.3 Å². The Morgan fingerprint density at radius 1 is 0.931 bits per heavy atom. The number of fused-ring (bicyclic) bond motifs is 3. The van der Waals surface area contributed by atoms with Crippen molar-refractivity contribution in [3.8, 4) is 0 Å². The Hall–Kier alpha value is -2.76. The molecule has 5 rings (SSSR count). The maximum absolute atomic E-state index is 14.3. The number of nitrogens with one attached hydrogen (secondary N) is 2. The zero-order valence-electron chi connectivity index (χ0n) is 16.2. The quantitative estimate of drug-likeness (QED) is 0.672. The standard InChI is InChI=1S/C24H23F2N3/c1-15-6-11-22-19(12-15)24-20(14-29(22)13-17-4-2-3-5-21(17)26)23(27-28-24)16-7-9-18(25)10-8-16/h2-12,20,23-24,27-28H,13-14H2,1H3. The second-order valence-electron chi connectivity index (χ2n) is 7.99. The van der Waals surface area contributed by atoms with Gasteiger partial charge >= 0.3 is 0 Å². The Morgan fingerprint density at radius 2 is 1.69 bits per heavy atom. The number of hydrogen-bond acceptors (Lipinski definition) is 3. The first-order valence-corrected chi connectivity index (χ1v) is 9.95. The molecule has 29 heavy (non-hydrogen) atoms. The van der Waals surface area contributed by atoms with E-state index >= 15 is 0 Å². The highest BCUT2D eigenvalue weighted by Crippen LogP contribution is 2.45. The van der Waals surface area contributed by atoms with Crippen molar-refractivity contribution in [2.75, 3.05) is 11.4 Å². The van der Waals surface area contributed by atoms with E-state index in [0.29, 0.717) is 12.1 Å². The van der Waals surface area contributed by atoms with Crippen LogP contribution in [0.5, 0.6) is 0 Å². The molecule has 5 heteroatoms. The summed E-state index contributed by atoms with van der Waals surface area (Å²) in [7, 11) is 0. The van der Waals surface area contributed by atoms with Crippen LogP contribution in [0.3, 0.4) is 0 Å². The van der Waals surface area contributed by atoms with Gasteiger partial charge in [-0.25, -0.2) is 19.6 Å². The largest absolute Gasteiger partial charge is 0.366 e. The summed E-state index contributed by atoms with van der Waals surface area (Å²) in [5.74, 6) is -0.176. The normalized spacial score (nSPS) is 23.0. The van der Waals surface area contributed by atoms with Gasteiger partial charge in [-0.3, -0.25) is 0 Å². The number of hydrogen-bond donors (Lipinski definition) is 2. The van der Waals surface area contributed by atoms with Gasteiger partial charge in [0.2, 0.25) is 0 Å². The van der Waals surface area contributed by atoms with Gasteiger partial charge in [0.05, 0.1) is 12.1 Å². The highest BCUT2D eigenvalue weighted by atomic mass is 19.1. The first-order chi connectivity index (χ1) is 14.1. The zero-order chi connectivity index (χ0) is 20.0. The molecule has 3 atom stereocenters. The Bertz CT molecular complexity index is 1030. The lowest BCUT2D eigenvalue weighted by molar-refractivity contribution is 0.400. The monoisotopic (exact) mass is 391 g/mol. The van der Waals surface area contributed by atoms with Crippen LogP contribution in [-0.4, -0.2) is 6.54 Å². The van der Waals surface area contributed by atoms with E-state index in [0.717, 1.165) is 17.8 Å². The van der Waals surface area contributed by atoms with Crippen LogP contribution in [0.1, 0.15) is 34.3 Å². The molecule has 3 aromatic rings. The second kappa shape index (κ2) is 7.25. The Balaban J connectivity index is 1.53. The molecular formula is C24H23F2N3. The maximum Gasteiger partial charge on any atom is 0.128 e. The summed E-state index contributed by atoms with van der Waals surface area (Å²) in [5, 5.41) is 0. The van der Waals surface area contributed by atoms with Crippen molar-refractivity contribution in [2.45, 2.75) is 25.6 Å². The summed E-state index contributed by atoms with van der Waals surface area (Å²) in [4.78, 5) is 2.26. The summed E-state index contributed by atoms with van der Waals surface area (Å²) in [5.41, 5.74) is 12.2. The average molecular weight is 391 g/mol. The Labute approximate surface area is 169 Å². The van der Waals surface area contributed by atoms with E-state index in [-0.39, 0.29) is 29.6 Å². The second-order valence-corrected chi connectivity index (χ2v) is 7.99. The van der Waals surface area contributed by atoms with Crippen molar-refractivity contribution in [2.24, 2.45) is 5.92 Å². The molecule has 2 heterocycles. The van der Waals surface area contributed by atoms with Crippen LogP contribution in [0.4, 0.5) is 14.5 Å². The fourth-order valence-electron chi connectivity index (χ4n) is 4.65. The van der Waals surface area contributed by atoms with Crippen molar-refractivity contribution < 1.29 is 8.78 Å². The first-order valence-electron chi connectivity index (χ1n) is 9.95. The Morgan fingerprint density at radius 3 is 2.48 bits per heavy atom. The lowest BCUT2D eigenvalue weighted by Gasteiger charge is -2.39. The molecule has 0 bridgehead atoms. The molecule has 0 spiro atoms. The van der Waals surface area contributed by atoms with E-state index in [1.807, 2.05) is 24.3 Å². The van der Waals surface area contributed by atoms with Crippen molar-refractivity contribution in [1.82, 2.24) is 10.9 Å². The molecule has 148 valence electrons. The molecule has 0 saturated carbocycles. The minimum Gasteiger partial charge on any atom is -0.366 e. The molecule has 0 aliphatic carbocycles. The van der Waals surface area contributed by atoms with Crippen LogP contribution < -0.4 is 15.8 Å². The minimum absolute atomic E-state index is 0.0531. The Kier molecular flexibility index (Phi) is 4.57. The van der Waals surface area contributed by atoms with Gasteiger partial charge in [0, 0.05) is 30.3 Å². The lowest BCUT2D eigenvalue weighted by atomic mass is 9.81. The van der Waals surface area contributed by atoms with Crippen LogP contribution in [-0.2, 0) is 6.54 Å². The molecule has 1 saturated heterocycles. The number of aryl methyl sites for hydroxylation is 1. The summed E-state index contributed by atoms with van der Waals surface area (Å²) < 4.78 is 27.8. The van der Waals surface area contributed by atoms with Crippen molar-refractivity contribution in [3.63, 3.8) is 0 Å². The number of anilines is 1. The average Bonchev–Trinajstić information content (AvgIpc) is 3.14. The SMILES string of the molecule is Cc1ccc2c(c1)C1NNC(c3ccc(F)cc3)C1CN2Cc1ccccc1F. The van der Waals surface area contributed by atoms with Gasteiger partial charge < -0.3 is 4.90 Å². The van der Waals surface area contributed by atoms with Gasteiger partial charge in [0.1, 0.15) is 11.6 Å². The summed E-state index contributed by atoms with van der Waals surface area (Å²) >= 11 is 0. The predicted molar refractivity (Wildman–Crippen MR) is 110 cm³/mol. The van der Waals surface area contributed by atoms with Crippen LogP contribution in [0.25, 0.3) is 0 Å². The highest BCUT2D eigenvalue weighted by molar-refractivity contribution is 5.59.